The molecular formula is C18H31N3. The van der Waals surface area contributed by atoms with Crippen LogP contribution in [0.15, 0.2) is 30.3 Å². The van der Waals surface area contributed by atoms with Crippen LogP contribution in [-0.2, 0) is 0 Å². The molecule has 2 atom stereocenters. The van der Waals surface area contributed by atoms with Crippen molar-refractivity contribution >= 4 is 0 Å². The number of rotatable bonds is 7. The van der Waals surface area contributed by atoms with Crippen LogP contribution in [0.2, 0.25) is 0 Å². The Bertz CT molecular complexity index is 393. The molecule has 3 heteroatoms. The van der Waals surface area contributed by atoms with E-state index < -0.39 is 0 Å². The molecule has 118 valence electrons. The van der Waals surface area contributed by atoms with Gasteiger partial charge < -0.3 is 10.2 Å². The molecule has 21 heavy (non-hydrogen) atoms. The van der Waals surface area contributed by atoms with Gasteiger partial charge in [-0.15, -0.1) is 0 Å². The third-order valence-electron chi connectivity index (χ3n) is 4.67. The van der Waals surface area contributed by atoms with Gasteiger partial charge in [-0.3, -0.25) is 4.90 Å². The average molecular weight is 289 g/mol. The van der Waals surface area contributed by atoms with Gasteiger partial charge in [0.05, 0.1) is 0 Å². The lowest BCUT2D eigenvalue weighted by Crippen LogP contribution is -2.53. The summed E-state index contributed by atoms with van der Waals surface area (Å²) in [5, 5.41) is 3.62. The lowest BCUT2D eigenvalue weighted by atomic mass is 10.0. The molecule has 1 aliphatic heterocycles. The first-order chi connectivity index (χ1) is 10.3. The van der Waals surface area contributed by atoms with Crippen LogP contribution in [0.4, 0.5) is 0 Å². The highest BCUT2D eigenvalue weighted by Crippen LogP contribution is 2.24. The van der Waals surface area contributed by atoms with E-state index in [0.29, 0.717) is 12.1 Å². The maximum atomic E-state index is 3.62. The van der Waals surface area contributed by atoms with Gasteiger partial charge in [0.15, 0.2) is 0 Å². The quantitative estimate of drug-likeness (QED) is 0.779. The predicted molar refractivity (Wildman–Crippen MR) is 90.6 cm³/mol. The molecule has 1 aliphatic rings. The number of hydrogen-bond donors (Lipinski definition) is 1. The summed E-state index contributed by atoms with van der Waals surface area (Å²) < 4.78 is 0. The number of likely N-dealkylation sites (N-methyl/N-ethyl adjacent to an activating group) is 1. The highest BCUT2D eigenvalue weighted by Gasteiger charge is 2.28. The molecule has 0 bridgehead atoms. The second kappa shape index (κ2) is 8.52. The Kier molecular flexibility index (Phi) is 6.68. The maximum Gasteiger partial charge on any atom is 0.0473 e. The zero-order chi connectivity index (χ0) is 15.1. The van der Waals surface area contributed by atoms with E-state index in [1.807, 2.05) is 0 Å². The first kappa shape index (κ1) is 16.5. The van der Waals surface area contributed by atoms with E-state index in [-0.39, 0.29) is 0 Å². The van der Waals surface area contributed by atoms with Gasteiger partial charge in [0.2, 0.25) is 0 Å². The number of hydrogen-bond acceptors (Lipinski definition) is 3. The Morgan fingerprint density at radius 2 is 1.95 bits per heavy atom. The molecule has 0 spiro atoms. The Morgan fingerprint density at radius 3 is 2.62 bits per heavy atom. The van der Waals surface area contributed by atoms with Crippen molar-refractivity contribution < 1.29 is 0 Å². The molecule has 0 radical (unpaired) electrons. The Morgan fingerprint density at radius 1 is 1.19 bits per heavy atom. The molecule has 1 aromatic carbocycles. The largest absolute Gasteiger partial charge is 0.315 e. The van der Waals surface area contributed by atoms with Crippen LogP contribution in [0.3, 0.4) is 0 Å². The molecule has 0 saturated carbocycles. The number of nitrogens with one attached hydrogen (secondary N) is 1. The second-order valence-electron chi connectivity index (χ2n) is 6.17. The van der Waals surface area contributed by atoms with Gasteiger partial charge in [-0.1, -0.05) is 44.2 Å². The Hall–Kier alpha value is -0.900. The minimum atomic E-state index is 0.500. The van der Waals surface area contributed by atoms with E-state index in [1.54, 1.807) is 0 Å². The van der Waals surface area contributed by atoms with Crippen LogP contribution >= 0.6 is 0 Å². The van der Waals surface area contributed by atoms with Crippen molar-refractivity contribution in [2.45, 2.75) is 38.8 Å². The molecule has 2 unspecified atom stereocenters. The van der Waals surface area contributed by atoms with Gasteiger partial charge in [0, 0.05) is 38.3 Å². The van der Waals surface area contributed by atoms with Crippen molar-refractivity contribution in [3.8, 4) is 0 Å². The van der Waals surface area contributed by atoms with Crippen LogP contribution < -0.4 is 5.32 Å². The second-order valence-corrected chi connectivity index (χ2v) is 6.17. The molecular weight excluding hydrogens is 258 g/mol. The predicted octanol–water partition coefficient (Wildman–Crippen LogP) is 2.75. The normalized spacial score (nSPS) is 22.3. The van der Waals surface area contributed by atoms with Gasteiger partial charge in [0.1, 0.15) is 0 Å². The summed E-state index contributed by atoms with van der Waals surface area (Å²) in [7, 11) is 2.26. The van der Waals surface area contributed by atoms with Crippen LogP contribution in [-0.4, -0.2) is 55.6 Å². The fraction of sp³-hybridized carbons (Fsp3) is 0.667. The van der Waals surface area contributed by atoms with Crippen LogP contribution in [0.5, 0.6) is 0 Å². The summed E-state index contributed by atoms with van der Waals surface area (Å²) >= 11 is 0. The highest BCUT2D eigenvalue weighted by molar-refractivity contribution is 5.19. The van der Waals surface area contributed by atoms with Gasteiger partial charge in [0.25, 0.3) is 0 Å². The summed E-state index contributed by atoms with van der Waals surface area (Å²) in [5.41, 5.74) is 1.44. The summed E-state index contributed by atoms with van der Waals surface area (Å²) in [6, 6.07) is 12.2. The third-order valence-corrected chi connectivity index (χ3v) is 4.67. The van der Waals surface area contributed by atoms with Crippen molar-refractivity contribution in [2.75, 3.05) is 39.8 Å². The van der Waals surface area contributed by atoms with Gasteiger partial charge in [-0.2, -0.15) is 0 Å². The third kappa shape index (κ3) is 4.53. The van der Waals surface area contributed by atoms with Crippen molar-refractivity contribution in [2.24, 2.45) is 0 Å². The lowest BCUT2D eigenvalue weighted by Gasteiger charge is -2.43. The number of piperazine rings is 1. The first-order valence-electron chi connectivity index (χ1n) is 8.46. The average Bonchev–Trinajstić information content (AvgIpc) is 2.53. The van der Waals surface area contributed by atoms with E-state index in [9.17, 15) is 0 Å². The van der Waals surface area contributed by atoms with Crippen LogP contribution in [0, 0.1) is 0 Å². The fourth-order valence-corrected chi connectivity index (χ4v) is 3.24. The fourth-order valence-electron chi connectivity index (χ4n) is 3.24. The Labute approximate surface area is 130 Å². The molecule has 1 saturated heterocycles. The van der Waals surface area contributed by atoms with Gasteiger partial charge >= 0.3 is 0 Å². The molecule has 1 heterocycles. The smallest absolute Gasteiger partial charge is 0.0473 e. The van der Waals surface area contributed by atoms with Gasteiger partial charge in [-0.25, -0.2) is 0 Å². The zero-order valence-electron chi connectivity index (χ0n) is 13.9. The number of nitrogens with zero attached hydrogens (tertiary/aromatic N) is 2. The van der Waals surface area contributed by atoms with E-state index >= 15 is 0 Å². The van der Waals surface area contributed by atoms with Crippen molar-refractivity contribution in [3.05, 3.63) is 35.9 Å². The SMILES string of the molecule is CCCNCC(c1ccccc1)N1CCN(C)C(CC)C1. The molecule has 0 amide bonds. The molecule has 0 aliphatic carbocycles. The van der Waals surface area contributed by atoms with E-state index in [2.05, 4.69) is 66.3 Å². The number of benzene rings is 1. The topological polar surface area (TPSA) is 18.5 Å². The summed E-state index contributed by atoms with van der Waals surface area (Å²) in [6.07, 6.45) is 2.43. The molecule has 3 nitrogen and oxygen atoms in total. The van der Waals surface area contributed by atoms with Crippen molar-refractivity contribution in [1.29, 1.82) is 0 Å². The standard InChI is InChI=1S/C18H31N3/c1-4-11-19-14-18(16-9-7-6-8-10-16)21-13-12-20(3)17(5-2)15-21/h6-10,17-19H,4-5,11-15H2,1-3H3. The molecule has 1 aromatic rings. The van der Waals surface area contributed by atoms with Crippen LogP contribution in [0.1, 0.15) is 38.3 Å². The highest BCUT2D eigenvalue weighted by atomic mass is 15.3. The molecule has 1 N–H and O–H groups in total. The summed E-state index contributed by atoms with van der Waals surface area (Å²) in [4.78, 5) is 5.18. The molecule has 0 aromatic heterocycles. The van der Waals surface area contributed by atoms with Crippen molar-refractivity contribution in [3.63, 3.8) is 0 Å². The first-order valence-corrected chi connectivity index (χ1v) is 8.46. The zero-order valence-corrected chi connectivity index (χ0v) is 13.9. The molecule has 2 rings (SSSR count). The minimum absolute atomic E-state index is 0.500. The summed E-state index contributed by atoms with van der Waals surface area (Å²) in [5.74, 6) is 0. The van der Waals surface area contributed by atoms with Crippen molar-refractivity contribution in [1.82, 2.24) is 15.1 Å². The van der Waals surface area contributed by atoms with E-state index in [4.69, 9.17) is 0 Å². The molecule has 1 fully saturated rings. The lowest BCUT2D eigenvalue weighted by molar-refractivity contribution is 0.0617. The maximum absolute atomic E-state index is 3.62. The monoisotopic (exact) mass is 289 g/mol. The van der Waals surface area contributed by atoms with E-state index in [0.717, 1.165) is 13.1 Å². The van der Waals surface area contributed by atoms with Gasteiger partial charge in [-0.05, 0) is 32.0 Å². The summed E-state index contributed by atoms with van der Waals surface area (Å²) in [6.45, 7) is 10.2. The van der Waals surface area contributed by atoms with Crippen LogP contribution in [0.25, 0.3) is 0 Å². The Balaban J connectivity index is 2.07. The van der Waals surface area contributed by atoms with E-state index in [1.165, 1.54) is 38.0 Å². The minimum Gasteiger partial charge on any atom is -0.315 e.